The SMILES string of the molecule is CNCCC1CCN(CC(=O)N(C)Cc2ccco2)CC1. The average Bonchev–Trinajstić information content (AvgIpc) is 2.99. The van der Waals surface area contributed by atoms with Crippen molar-refractivity contribution in [1.82, 2.24) is 15.1 Å². The molecule has 2 heterocycles. The Morgan fingerprint density at radius 1 is 1.48 bits per heavy atom. The highest BCUT2D eigenvalue weighted by Crippen LogP contribution is 2.19. The van der Waals surface area contributed by atoms with Crippen LogP contribution >= 0.6 is 0 Å². The molecule has 0 spiro atoms. The van der Waals surface area contributed by atoms with Gasteiger partial charge in [-0.1, -0.05) is 0 Å². The van der Waals surface area contributed by atoms with Crippen molar-refractivity contribution in [3.63, 3.8) is 0 Å². The molecule has 0 unspecified atom stereocenters. The van der Waals surface area contributed by atoms with E-state index in [0.29, 0.717) is 13.1 Å². The predicted molar refractivity (Wildman–Crippen MR) is 82.9 cm³/mol. The predicted octanol–water partition coefficient (Wildman–Crippen LogP) is 1.56. The number of hydrogen-bond acceptors (Lipinski definition) is 4. The molecule has 2 rings (SSSR count). The molecule has 0 bridgehead atoms. The molecule has 1 N–H and O–H groups in total. The summed E-state index contributed by atoms with van der Waals surface area (Å²) in [6, 6.07) is 3.75. The molecular formula is C16H27N3O2. The Morgan fingerprint density at radius 3 is 2.86 bits per heavy atom. The lowest BCUT2D eigenvalue weighted by Crippen LogP contribution is -2.42. The number of rotatable bonds is 7. The molecular weight excluding hydrogens is 266 g/mol. The maximum Gasteiger partial charge on any atom is 0.236 e. The normalized spacial score (nSPS) is 17.0. The topological polar surface area (TPSA) is 48.7 Å². The van der Waals surface area contributed by atoms with E-state index in [1.165, 1.54) is 19.3 Å². The Hall–Kier alpha value is -1.33. The zero-order chi connectivity index (χ0) is 15.1. The molecule has 1 aliphatic heterocycles. The number of nitrogens with one attached hydrogen (secondary N) is 1. The molecule has 1 aromatic rings. The molecule has 1 saturated heterocycles. The van der Waals surface area contributed by atoms with Crippen LogP contribution in [0, 0.1) is 5.92 Å². The molecule has 1 amide bonds. The van der Waals surface area contributed by atoms with Crippen LogP contribution in [0.15, 0.2) is 22.8 Å². The van der Waals surface area contributed by atoms with Crippen molar-refractivity contribution < 1.29 is 9.21 Å². The number of amides is 1. The molecule has 0 aromatic carbocycles. The number of likely N-dealkylation sites (N-methyl/N-ethyl adjacent to an activating group) is 1. The summed E-state index contributed by atoms with van der Waals surface area (Å²) in [5.41, 5.74) is 0. The van der Waals surface area contributed by atoms with Crippen molar-refractivity contribution >= 4 is 5.91 Å². The largest absolute Gasteiger partial charge is 0.467 e. The summed E-state index contributed by atoms with van der Waals surface area (Å²) in [6.07, 6.45) is 5.30. The molecule has 0 atom stereocenters. The van der Waals surface area contributed by atoms with E-state index in [1.807, 2.05) is 26.2 Å². The Kier molecular flexibility index (Phi) is 6.26. The second-order valence-corrected chi connectivity index (χ2v) is 5.94. The van der Waals surface area contributed by atoms with Crippen molar-refractivity contribution in [2.75, 3.05) is 40.3 Å². The molecule has 118 valence electrons. The van der Waals surface area contributed by atoms with E-state index >= 15 is 0 Å². The van der Waals surface area contributed by atoms with Crippen LogP contribution in [0.25, 0.3) is 0 Å². The van der Waals surface area contributed by atoms with Gasteiger partial charge >= 0.3 is 0 Å². The fraction of sp³-hybridized carbons (Fsp3) is 0.688. The first-order valence-electron chi connectivity index (χ1n) is 7.82. The second kappa shape index (κ2) is 8.20. The summed E-state index contributed by atoms with van der Waals surface area (Å²) in [5, 5.41) is 3.21. The molecule has 0 aliphatic carbocycles. The van der Waals surface area contributed by atoms with Gasteiger partial charge in [0.15, 0.2) is 0 Å². The Balaban J connectivity index is 1.69. The van der Waals surface area contributed by atoms with Gasteiger partial charge in [0.05, 0.1) is 19.4 Å². The van der Waals surface area contributed by atoms with Gasteiger partial charge < -0.3 is 14.6 Å². The molecule has 1 aliphatic rings. The van der Waals surface area contributed by atoms with E-state index in [4.69, 9.17) is 4.42 Å². The molecule has 0 radical (unpaired) electrons. The van der Waals surface area contributed by atoms with E-state index in [-0.39, 0.29) is 5.91 Å². The lowest BCUT2D eigenvalue weighted by atomic mass is 9.93. The van der Waals surface area contributed by atoms with E-state index in [0.717, 1.165) is 31.3 Å². The molecule has 1 aromatic heterocycles. The summed E-state index contributed by atoms with van der Waals surface area (Å²) in [7, 11) is 3.84. The maximum atomic E-state index is 12.2. The highest BCUT2D eigenvalue weighted by Gasteiger charge is 2.21. The standard InChI is InChI=1S/C16H27N3O2/c1-17-8-5-14-6-9-19(10-7-14)13-16(20)18(2)12-15-4-3-11-21-15/h3-4,11,14,17H,5-10,12-13H2,1-2H3. The third kappa shape index (κ3) is 5.17. The van der Waals surface area contributed by atoms with Crippen LogP contribution in [0.2, 0.25) is 0 Å². The first-order valence-corrected chi connectivity index (χ1v) is 7.82. The summed E-state index contributed by atoms with van der Waals surface area (Å²) in [5.74, 6) is 1.81. The van der Waals surface area contributed by atoms with Crippen LogP contribution in [0.4, 0.5) is 0 Å². The number of piperidine rings is 1. The first kappa shape index (κ1) is 16.0. The van der Waals surface area contributed by atoms with Crippen molar-refractivity contribution in [3.8, 4) is 0 Å². The third-order valence-corrected chi connectivity index (χ3v) is 4.27. The zero-order valence-corrected chi connectivity index (χ0v) is 13.2. The summed E-state index contributed by atoms with van der Waals surface area (Å²) >= 11 is 0. The quantitative estimate of drug-likeness (QED) is 0.829. The Labute approximate surface area is 127 Å². The van der Waals surface area contributed by atoms with Crippen LogP contribution < -0.4 is 5.32 Å². The van der Waals surface area contributed by atoms with E-state index in [2.05, 4.69) is 10.2 Å². The maximum absolute atomic E-state index is 12.2. The third-order valence-electron chi connectivity index (χ3n) is 4.27. The van der Waals surface area contributed by atoms with Crippen LogP contribution in [-0.4, -0.2) is 56.0 Å². The minimum absolute atomic E-state index is 0.167. The average molecular weight is 293 g/mol. The van der Waals surface area contributed by atoms with Crippen LogP contribution in [0.3, 0.4) is 0 Å². The smallest absolute Gasteiger partial charge is 0.236 e. The van der Waals surface area contributed by atoms with E-state index in [9.17, 15) is 4.79 Å². The van der Waals surface area contributed by atoms with Gasteiger partial charge in [0.1, 0.15) is 5.76 Å². The van der Waals surface area contributed by atoms with Gasteiger partial charge in [-0.2, -0.15) is 0 Å². The highest BCUT2D eigenvalue weighted by molar-refractivity contribution is 5.77. The van der Waals surface area contributed by atoms with Crippen molar-refractivity contribution in [3.05, 3.63) is 24.2 Å². The van der Waals surface area contributed by atoms with Crippen molar-refractivity contribution in [2.24, 2.45) is 5.92 Å². The minimum Gasteiger partial charge on any atom is -0.467 e. The van der Waals surface area contributed by atoms with Crippen molar-refractivity contribution in [2.45, 2.75) is 25.8 Å². The van der Waals surface area contributed by atoms with Crippen LogP contribution in [0.1, 0.15) is 25.0 Å². The summed E-state index contributed by atoms with van der Waals surface area (Å²) < 4.78 is 5.28. The zero-order valence-electron chi connectivity index (χ0n) is 13.2. The molecule has 21 heavy (non-hydrogen) atoms. The van der Waals surface area contributed by atoms with E-state index < -0.39 is 0 Å². The second-order valence-electron chi connectivity index (χ2n) is 5.94. The first-order chi connectivity index (χ1) is 10.2. The lowest BCUT2D eigenvalue weighted by Gasteiger charge is -2.32. The Bertz CT molecular complexity index is 411. The van der Waals surface area contributed by atoms with Gasteiger partial charge in [-0.15, -0.1) is 0 Å². The summed E-state index contributed by atoms with van der Waals surface area (Å²) in [4.78, 5) is 16.2. The number of likely N-dealkylation sites (tertiary alicyclic amines) is 1. The highest BCUT2D eigenvalue weighted by atomic mass is 16.3. The van der Waals surface area contributed by atoms with Gasteiger partial charge in [-0.3, -0.25) is 9.69 Å². The number of carbonyl (C=O) groups is 1. The monoisotopic (exact) mass is 293 g/mol. The molecule has 5 nitrogen and oxygen atoms in total. The van der Waals surface area contributed by atoms with Crippen LogP contribution in [0.5, 0.6) is 0 Å². The van der Waals surface area contributed by atoms with Gasteiger partial charge in [0.2, 0.25) is 5.91 Å². The number of carbonyl (C=O) groups excluding carboxylic acids is 1. The molecule has 5 heteroatoms. The van der Waals surface area contributed by atoms with Gasteiger partial charge in [0.25, 0.3) is 0 Å². The number of nitrogens with zero attached hydrogens (tertiary/aromatic N) is 2. The minimum atomic E-state index is 0.167. The number of furan rings is 1. The van der Waals surface area contributed by atoms with Gasteiger partial charge in [-0.25, -0.2) is 0 Å². The van der Waals surface area contributed by atoms with Crippen LogP contribution in [-0.2, 0) is 11.3 Å². The Morgan fingerprint density at radius 2 is 2.24 bits per heavy atom. The summed E-state index contributed by atoms with van der Waals surface area (Å²) in [6.45, 7) is 4.24. The fourth-order valence-corrected chi connectivity index (χ4v) is 2.82. The van der Waals surface area contributed by atoms with Crippen molar-refractivity contribution in [1.29, 1.82) is 0 Å². The fourth-order valence-electron chi connectivity index (χ4n) is 2.82. The van der Waals surface area contributed by atoms with E-state index in [1.54, 1.807) is 11.2 Å². The number of hydrogen-bond donors (Lipinski definition) is 1. The van der Waals surface area contributed by atoms with Gasteiger partial charge in [-0.05, 0) is 64.0 Å². The molecule has 0 saturated carbocycles. The van der Waals surface area contributed by atoms with Gasteiger partial charge in [0, 0.05) is 7.05 Å². The molecule has 1 fully saturated rings. The lowest BCUT2D eigenvalue weighted by molar-refractivity contribution is -0.132.